The summed E-state index contributed by atoms with van der Waals surface area (Å²) in [6.45, 7) is 6.03. The molecule has 0 fully saturated rings. The van der Waals surface area contributed by atoms with E-state index < -0.39 is 12.1 Å². The molecule has 0 radical (unpaired) electrons. The summed E-state index contributed by atoms with van der Waals surface area (Å²) in [5.74, 6) is 0.0756. The van der Waals surface area contributed by atoms with Crippen LogP contribution in [-0.2, 0) is 17.8 Å². The topological polar surface area (TPSA) is 81.4 Å². The van der Waals surface area contributed by atoms with E-state index in [9.17, 15) is 14.7 Å². The Hall–Kier alpha value is -3.61. The first-order valence-electron chi connectivity index (χ1n) is 12.8. The molecule has 0 aliphatic heterocycles. The molecule has 4 rings (SSSR count). The highest BCUT2D eigenvalue weighted by molar-refractivity contribution is 6.39. The third-order valence-corrected chi connectivity index (χ3v) is 7.18. The van der Waals surface area contributed by atoms with Crippen LogP contribution in [0.4, 0.5) is 0 Å². The van der Waals surface area contributed by atoms with Gasteiger partial charge in [0.2, 0.25) is 6.10 Å². The van der Waals surface area contributed by atoms with Crippen LogP contribution >= 0.6 is 23.2 Å². The second-order valence-corrected chi connectivity index (χ2v) is 10.2. The summed E-state index contributed by atoms with van der Waals surface area (Å²) in [6.07, 6.45) is 1.37. The molecule has 1 N–H and O–H groups in total. The van der Waals surface area contributed by atoms with Crippen LogP contribution in [0.3, 0.4) is 0 Å². The van der Waals surface area contributed by atoms with Gasteiger partial charge in [-0.05, 0) is 49.6 Å². The van der Waals surface area contributed by atoms with Crippen molar-refractivity contribution >= 4 is 29.2 Å². The highest BCUT2D eigenvalue weighted by atomic mass is 35.5. The Morgan fingerprint density at radius 3 is 2.31 bits per heavy atom. The molecule has 0 amide bonds. The van der Waals surface area contributed by atoms with Crippen molar-refractivity contribution in [1.29, 1.82) is 0 Å². The molecule has 4 aromatic rings. The molecule has 6 nitrogen and oxygen atoms in total. The van der Waals surface area contributed by atoms with E-state index in [4.69, 9.17) is 32.9 Å². The van der Waals surface area contributed by atoms with Crippen molar-refractivity contribution in [1.82, 2.24) is 9.55 Å². The zero-order valence-electron chi connectivity index (χ0n) is 22.1. The van der Waals surface area contributed by atoms with Gasteiger partial charge in [-0.15, -0.1) is 0 Å². The summed E-state index contributed by atoms with van der Waals surface area (Å²) in [7, 11) is 0. The van der Waals surface area contributed by atoms with Crippen molar-refractivity contribution < 1.29 is 14.6 Å². The third-order valence-electron chi connectivity index (χ3n) is 6.55. The minimum absolute atomic E-state index is 0.211. The molecular weight excluding hydrogens is 535 g/mol. The summed E-state index contributed by atoms with van der Waals surface area (Å²) in [4.78, 5) is 30.7. The highest BCUT2D eigenvalue weighted by Crippen LogP contribution is 2.34. The Morgan fingerprint density at radius 1 is 1.00 bits per heavy atom. The van der Waals surface area contributed by atoms with Crippen LogP contribution in [0, 0.1) is 13.8 Å². The van der Waals surface area contributed by atoms with Gasteiger partial charge in [-0.3, -0.25) is 9.36 Å². The van der Waals surface area contributed by atoms with E-state index in [-0.39, 0.29) is 12.1 Å². The average Bonchev–Trinajstić information content (AvgIpc) is 2.90. The van der Waals surface area contributed by atoms with Gasteiger partial charge in [0.15, 0.2) is 0 Å². The highest BCUT2D eigenvalue weighted by Gasteiger charge is 2.23. The SMILES string of the molecule is CCCCc1nc(C)c(-c2c(Cl)cccc2Cl)c(=O)n1Cc1ccc(OC(C(=O)O)c2ccccc2)c(C)c1. The van der Waals surface area contributed by atoms with E-state index in [2.05, 4.69) is 6.92 Å². The van der Waals surface area contributed by atoms with Crippen molar-refractivity contribution in [2.75, 3.05) is 0 Å². The lowest BCUT2D eigenvalue weighted by molar-refractivity contribution is -0.145. The molecule has 0 aliphatic rings. The summed E-state index contributed by atoms with van der Waals surface area (Å²) < 4.78 is 7.59. The second-order valence-electron chi connectivity index (χ2n) is 9.43. The Labute approximate surface area is 237 Å². The monoisotopic (exact) mass is 564 g/mol. The van der Waals surface area contributed by atoms with Crippen molar-refractivity contribution in [2.45, 2.75) is 52.7 Å². The number of hydrogen-bond acceptors (Lipinski definition) is 4. The number of hydrogen-bond donors (Lipinski definition) is 1. The van der Waals surface area contributed by atoms with Crippen molar-refractivity contribution in [2.24, 2.45) is 0 Å². The molecule has 0 bridgehead atoms. The maximum atomic E-state index is 13.9. The zero-order chi connectivity index (χ0) is 28.1. The molecule has 0 saturated heterocycles. The molecule has 0 aliphatic carbocycles. The Morgan fingerprint density at radius 2 is 1.69 bits per heavy atom. The predicted molar refractivity (Wildman–Crippen MR) is 155 cm³/mol. The van der Waals surface area contributed by atoms with Gasteiger partial charge < -0.3 is 9.84 Å². The van der Waals surface area contributed by atoms with Crippen LogP contribution < -0.4 is 10.3 Å². The van der Waals surface area contributed by atoms with E-state index in [1.165, 1.54) is 0 Å². The first-order valence-corrected chi connectivity index (χ1v) is 13.6. The van der Waals surface area contributed by atoms with Gasteiger partial charge in [0, 0.05) is 17.5 Å². The molecule has 202 valence electrons. The summed E-state index contributed by atoms with van der Waals surface area (Å²) in [5.41, 5.74) is 3.40. The lowest BCUT2D eigenvalue weighted by Gasteiger charge is -2.19. The van der Waals surface area contributed by atoms with Gasteiger partial charge in [-0.1, -0.05) is 85.1 Å². The van der Waals surface area contributed by atoms with Crippen LogP contribution in [0.25, 0.3) is 11.1 Å². The fraction of sp³-hybridized carbons (Fsp3) is 0.258. The smallest absolute Gasteiger partial charge is 0.349 e. The van der Waals surface area contributed by atoms with Crippen molar-refractivity contribution in [3.05, 3.63) is 115 Å². The van der Waals surface area contributed by atoms with Gasteiger partial charge in [-0.2, -0.15) is 0 Å². The van der Waals surface area contributed by atoms with Gasteiger partial charge in [0.1, 0.15) is 11.6 Å². The number of aryl methyl sites for hydroxylation is 3. The van der Waals surface area contributed by atoms with Crippen LogP contribution in [0.15, 0.2) is 71.5 Å². The summed E-state index contributed by atoms with van der Waals surface area (Å²) >= 11 is 12.9. The quantitative estimate of drug-likeness (QED) is 0.216. The maximum Gasteiger partial charge on any atom is 0.349 e. The summed E-state index contributed by atoms with van der Waals surface area (Å²) in [6, 6.07) is 19.5. The number of carbonyl (C=O) groups is 1. The van der Waals surface area contributed by atoms with Crippen molar-refractivity contribution in [3.8, 4) is 16.9 Å². The van der Waals surface area contributed by atoms with E-state index in [0.717, 1.165) is 24.0 Å². The number of nitrogens with zero attached hydrogens (tertiary/aromatic N) is 2. The molecule has 1 unspecified atom stereocenters. The number of ether oxygens (including phenoxy) is 1. The van der Waals surface area contributed by atoms with E-state index in [1.807, 2.05) is 25.1 Å². The third kappa shape index (κ3) is 6.35. The second kappa shape index (κ2) is 12.5. The maximum absolute atomic E-state index is 13.9. The molecular formula is C31H30Cl2N2O4. The summed E-state index contributed by atoms with van der Waals surface area (Å²) in [5, 5.41) is 10.5. The Kier molecular flexibility index (Phi) is 9.10. The number of rotatable bonds is 10. The zero-order valence-corrected chi connectivity index (χ0v) is 23.6. The lowest BCUT2D eigenvalue weighted by atomic mass is 10.0. The largest absolute Gasteiger partial charge is 0.478 e. The molecule has 1 aromatic heterocycles. The van der Waals surface area contributed by atoms with Crippen LogP contribution in [-0.4, -0.2) is 20.6 Å². The molecule has 0 spiro atoms. The number of aliphatic carboxylic acids is 1. The number of carboxylic acids is 1. The normalized spacial score (nSPS) is 11.8. The Bertz CT molecular complexity index is 1530. The van der Waals surface area contributed by atoms with Gasteiger partial charge in [0.25, 0.3) is 5.56 Å². The van der Waals surface area contributed by atoms with Gasteiger partial charge >= 0.3 is 5.97 Å². The van der Waals surface area contributed by atoms with Gasteiger partial charge in [0.05, 0.1) is 27.8 Å². The molecule has 39 heavy (non-hydrogen) atoms. The van der Waals surface area contributed by atoms with E-state index >= 15 is 0 Å². The van der Waals surface area contributed by atoms with Gasteiger partial charge in [-0.25, -0.2) is 9.78 Å². The average molecular weight is 565 g/mol. The first-order chi connectivity index (χ1) is 18.7. The lowest BCUT2D eigenvalue weighted by Crippen LogP contribution is -2.28. The number of aromatic nitrogens is 2. The molecule has 1 heterocycles. The van der Waals surface area contributed by atoms with Crippen LogP contribution in [0.2, 0.25) is 10.0 Å². The first kappa shape index (κ1) is 28.4. The minimum Gasteiger partial charge on any atom is -0.478 e. The fourth-order valence-electron chi connectivity index (χ4n) is 4.57. The van der Waals surface area contributed by atoms with Crippen LogP contribution in [0.1, 0.15) is 54.1 Å². The fourth-order valence-corrected chi connectivity index (χ4v) is 5.16. The van der Waals surface area contributed by atoms with E-state index in [0.29, 0.717) is 50.4 Å². The van der Waals surface area contributed by atoms with Crippen molar-refractivity contribution in [3.63, 3.8) is 0 Å². The Balaban J connectivity index is 1.72. The molecule has 3 aromatic carbocycles. The number of halogens is 2. The predicted octanol–water partition coefficient (Wildman–Crippen LogP) is 7.43. The molecule has 1 atom stereocenters. The minimum atomic E-state index is -1.14. The van der Waals surface area contributed by atoms with E-state index in [1.54, 1.807) is 60.0 Å². The molecule has 0 saturated carbocycles. The standard InChI is InChI=1S/C31H30Cl2N2O4/c1-4-5-14-26-34-20(3)27(28-23(32)12-9-13-24(28)33)30(36)35(26)18-21-15-16-25(19(2)17-21)39-29(31(37)38)22-10-7-6-8-11-22/h6-13,15-17,29H,4-5,14,18H2,1-3H3,(H,37,38). The number of carboxylic acid groups (broad SMARTS) is 1. The molecule has 8 heteroatoms. The number of unbranched alkanes of at least 4 members (excludes halogenated alkanes) is 1. The number of benzene rings is 3. The van der Waals surface area contributed by atoms with Crippen LogP contribution in [0.5, 0.6) is 5.75 Å².